The van der Waals surface area contributed by atoms with Crippen LogP contribution in [0.1, 0.15) is 43.2 Å². The standard InChI is InChI=1S/C16H24O3/c1-13-7-6-8-14(11-13)12-15(16(18)19)9-4-2-3-5-10-17/h6-8,11,15,17H,2-5,9-10,12H2,1H3,(H,18,19). The Kier molecular flexibility index (Phi) is 7.19. The van der Waals surface area contributed by atoms with Gasteiger partial charge in [-0.15, -0.1) is 0 Å². The van der Waals surface area contributed by atoms with E-state index in [9.17, 15) is 9.90 Å². The maximum absolute atomic E-state index is 11.3. The maximum Gasteiger partial charge on any atom is 0.306 e. The largest absolute Gasteiger partial charge is 0.481 e. The van der Waals surface area contributed by atoms with Gasteiger partial charge in [-0.2, -0.15) is 0 Å². The van der Waals surface area contributed by atoms with Crippen molar-refractivity contribution in [1.82, 2.24) is 0 Å². The Morgan fingerprint density at radius 2 is 1.95 bits per heavy atom. The molecule has 106 valence electrons. The Morgan fingerprint density at radius 1 is 1.21 bits per heavy atom. The van der Waals surface area contributed by atoms with Crippen molar-refractivity contribution in [2.75, 3.05) is 6.61 Å². The third kappa shape index (κ3) is 6.39. The van der Waals surface area contributed by atoms with Gasteiger partial charge in [-0.3, -0.25) is 4.79 Å². The average molecular weight is 264 g/mol. The monoisotopic (exact) mass is 264 g/mol. The molecular weight excluding hydrogens is 240 g/mol. The Labute approximate surface area is 115 Å². The molecule has 0 bridgehead atoms. The number of aryl methyl sites for hydroxylation is 1. The van der Waals surface area contributed by atoms with Crippen molar-refractivity contribution in [3.05, 3.63) is 35.4 Å². The molecule has 0 aromatic heterocycles. The number of carboxylic acid groups (broad SMARTS) is 1. The quantitative estimate of drug-likeness (QED) is 0.673. The minimum absolute atomic E-state index is 0.228. The van der Waals surface area contributed by atoms with E-state index in [-0.39, 0.29) is 12.5 Å². The van der Waals surface area contributed by atoms with E-state index in [2.05, 4.69) is 6.07 Å². The van der Waals surface area contributed by atoms with E-state index < -0.39 is 5.97 Å². The number of hydrogen-bond acceptors (Lipinski definition) is 2. The number of rotatable bonds is 9. The van der Waals surface area contributed by atoms with E-state index >= 15 is 0 Å². The van der Waals surface area contributed by atoms with Crippen LogP contribution in [0.15, 0.2) is 24.3 Å². The fraction of sp³-hybridized carbons (Fsp3) is 0.562. The molecule has 0 aliphatic carbocycles. The molecule has 0 aliphatic heterocycles. The van der Waals surface area contributed by atoms with Gasteiger partial charge in [-0.05, 0) is 31.7 Å². The molecule has 0 heterocycles. The Morgan fingerprint density at radius 3 is 2.58 bits per heavy atom. The van der Waals surface area contributed by atoms with Crippen LogP contribution in [0.5, 0.6) is 0 Å². The van der Waals surface area contributed by atoms with Gasteiger partial charge in [0.25, 0.3) is 0 Å². The fourth-order valence-electron chi connectivity index (χ4n) is 2.29. The molecule has 1 rings (SSSR count). The molecule has 2 N–H and O–H groups in total. The molecule has 19 heavy (non-hydrogen) atoms. The first kappa shape index (κ1) is 15.7. The number of carbonyl (C=O) groups is 1. The summed E-state index contributed by atoms with van der Waals surface area (Å²) in [5, 5.41) is 18.0. The minimum Gasteiger partial charge on any atom is -0.481 e. The molecule has 0 saturated carbocycles. The van der Waals surface area contributed by atoms with Gasteiger partial charge in [0.15, 0.2) is 0 Å². The molecule has 0 radical (unpaired) electrons. The van der Waals surface area contributed by atoms with Crippen LogP contribution < -0.4 is 0 Å². The van der Waals surface area contributed by atoms with Gasteiger partial charge in [-0.1, -0.05) is 49.1 Å². The molecule has 0 fully saturated rings. The van der Waals surface area contributed by atoms with Crippen molar-refractivity contribution < 1.29 is 15.0 Å². The zero-order valence-electron chi connectivity index (χ0n) is 11.6. The third-order valence-corrected chi connectivity index (χ3v) is 3.37. The highest BCUT2D eigenvalue weighted by Gasteiger charge is 2.17. The Balaban J connectivity index is 2.42. The summed E-state index contributed by atoms with van der Waals surface area (Å²) in [6.07, 6.45) is 5.04. The first-order valence-electron chi connectivity index (χ1n) is 7.02. The number of benzene rings is 1. The fourth-order valence-corrected chi connectivity index (χ4v) is 2.29. The van der Waals surface area contributed by atoms with Crippen LogP contribution in [0.25, 0.3) is 0 Å². The first-order valence-corrected chi connectivity index (χ1v) is 7.02. The van der Waals surface area contributed by atoms with Crippen molar-refractivity contribution in [3.63, 3.8) is 0 Å². The van der Waals surface area contributed by atoms with Crippen LogP contribution in [0, 0.1) is 12.8 Å². The van der Waals surface area contributed by atoms with Crippen molar-refractivity contribution in [2.45, 2.75) is 45.4 Å². The van der Waals surface area contributed by atoms with Crippen LogP contribution >= 0.6 is 0 Å². The molecule has 3 heteroatoms. The zero-order chi connectivity index (χ0) is 14.1. The lowest BCUT2D eigenvalue weighted by Gasteiger charge is -2.12. The van der Waals surface area contributed by atoms with Gasteiger partial charge in [0, 0.05) is 6.61 Å². The van der Waals surface area contributed by atoms with E-state index in [4.69, 9.17) is 5.11 Å². The smallest absolute Gasteiger partial charge is 0.306 e. The zero-order valence-corrected chi connectivity index (χ0v) is 11.6. The van der Waals surface area contributed by atoms with Gasteiger partial charge in [-0.25, -0.2) is 0 Å². The van der Waals surface area contributed by atoms with Crippen molar-refractivity contribution in [2.24, 2.45) is 5.92 Å². The second kappa shape index (κ2) is 8.70. The van der Waals surface area contributed by atoms with E-state index in [1.165, 1.54) is 5.56 Å². The molecule has 0 spiro atoms. The van der Waals surface area contributed by atoms with Crippen molar-refractivity contribution >= 4 is 5.97 Å². The molecule has 0 amide bonds. The average Bonchev–Trinajstić information content (AvgIpc) is 2.37. The molecule has 1 aromatic carbocycles. The van der Waals surface area contributed by atoms with Gasteiger partial charge >= 0.3 is 5.97 Å². The highest BCUT2D eigenvalue weighted by molar-refractivity contribution is 5.70. The second-order valence-corrected chi connectivity index (χ2v) is 5.15. The summed E-state index contributed by atoms with van der Waals surface area (Å²) in [6.45, 7) is 2.25. The molecule has 0 aliphatic rings. The number of aliphatic carboxylic acids is 1. The third-order valence-electron chi connectivity index (χ3n) is 3.37. The summed E-state index contributed by atoms with van der Waals surface area (Å²) < 4.78 is 0. The summed E-state index contributed by atoms with van der Waals surface area (Å²) in [4.78, 5) is 11.3. The van der Waals surface area contributed by atoms with Crippen LogP contribution in [0.3, 0.4) is 0 Å². The number of unbranched alkanes of at least 4 members (excludes halogenated alkanes) is 3. The first-order chi connectivity index (χ1) is 9.13. The van der Waals surface area contributed by atoms with Crippen molar-refractivity contribution in [3.8, 4) is 0 Å². The van der Waals surface area contributed by atoms with E-state index in [1.54, 1.807) is 0 Å². The topological polar surface area (TPSA) is 57.5 Å². The van der Waals surface area contributed by atoms with E-state index in [0.29, 0.717) is 12.8 Å². The number of aliphatic hydroxyl groups excluding tert-OH is 1. The molecule has 1 atom stereocenters. The predicted octanol–water partition coefficient (Wildman–Crippen LogP) is 3.18. The number of hydrogen-bond donors (Lipinski definition) is 2. The normalized spacial score (nSPS) is 12.3. The number of carboxylic acids is 1. The molecule has 1 unspecified atom stereocenters. The summed E-state index contributed by atoms with van der Waals surface area (Å²) >= 11 is 0. The maximum atomic E-state index is 11.3. The van der Waals surface area contributed by atoms with Crippen LogP contribution in [0.4, 0.5) is 0 Å². The number of aliphatic hydroxyl groups is 1. The summed E-state index contributed by atoms with van der Waals surface area (Å²) in [6, 6.07) is 8.05. The molecule has 0 saturated heterocycles. The molecule has 1 aromatic rings. The Bertz CT molecular complexity index is 387. The summed E-state index contributed by atoms with van der Waals surface area (Å²) in [5.41, 5.74) is 2.27. The van der Waals surface area contributed by atoms with Gasteiger partial charge in [0.05, 0.1) is 5.92 Å². The lowest BCUT2D eigenvalue weighted by molar-refractivity contribution is -0.142. The minimum atomic E-state index is -0.705. The lowest BCUT2D eigenvalue weighted by Crippen LogP contribution is -2.16. The summed E-state index contributed by atoms with van der Waals surface area (Å²) in [5.74, 6) is -1.00. The molecule has 3 nitrogen and oxygen atoms in total. The Hall–Kier alpha value is -1.35. The highest BCUT2D eigenvalue weighted by Crippen LogP contribution is 2.17. The molecular formula is C16H24O3. The lowest BCUT2D eigenvalue weighted by atomic mass is 9.93. The van der Waals surface area contributed by atoms with Crippen LogP contribution in [-0.2, 0) is 11.2 Å². The van der Waals surface area contributed by atoms with Crippen LogP contribution in [0.2, 0.25) is 0 Å². The van der Waals surface area contributed by atoms with E-state index in [1.807, 2.05) is 25.1 Å². The van der Waals surface area contributed by atoms with E-state index in [0.717, 1.165) is 31.2 Å². The predicted molar refractivity (Wildman–Crippen MR) is 76.2 cm³/mol. The van der Waals surface area contributed by atoms with Gasteiger partial charge in [0.1, 0.15) is 0 Å². The van der Waals surface area contributed by atoms with Crippen LogP contribution in [-0.4, -0.2) is 22.8 Å². The SMILES string of the molecule is Cc1cccc(CC(CCCCCCO)C(=O)O)c1. The highest BCUT2D eigenvalue weighted by atomic mass is 16.4. The second-order valence-electron chi connectivity index (χ2n) is 5.15. The van der Waals surface area contributed by atoms with Gasteiger partial charge in [0.2, 0.25) is 0 Å². The summed E-state index contributed by atoms with van der Waals surface area (Å²) in [7, 11) is 0. The van der Waals surface area contributed by atoms with Gasteiger partial charge < -0.3 is 10.2 Å². The van der Waals surface area contributed by atoms with Crippen molar-refractivity contribution in [1.29, 1.82) is 0 Å².